The van der Waals surface area contributed by atoms with Crippen LogP contribution in [0.5, 0.6) is 0 Å². The number of aryl methyl sites for hydroxylation is 1. The molecule has 3 aromatic rings. The average molecular weight is 227 g/mol. The Morgan fingerprint density at radius 3 is 2.76 bits per heavy atom. The van der Waals surface area contributed by atoms with E-state index in [1.807, 2.05) is 31.2 Å². The third kappa shape index (κ3) is 1.50. The Balaban J connectivity index is 2.27. The van der Waals surface area contributed by atoms with Crippen molar-refractivity contribution in [1.82, 2.24) is 25.0 Å². The van der Waals surface area contributed by atoms with E-state index in [0.29, 0.717) is 16.9 Å². The van der Waals surface area contributed by atoms with Gasteiger partial charge in [0.05, 0.1) is 12.0 Å². The number of hydrogen-bond acceptors (Lipinski definition) is 4. The van der Waals surface area contributed by atoms with E-state index in [2.05, 4.69) is 20.3 Å². The van der Waals surface area contributed by atoms with Crippen LogP contribution in [0.15, 0.2) is 35.4 Å². The van der Waals surface area contributed by atoms with E-state index in [4.69, 9.17) is 0 Å². The molecule has 0 saturated heterocycles. The van der Waals surface area contributed by atoms with Crippen molar-refractivity contribution in [1.29, 1.82) is 0 Å². The van der Waals surface area contributed by atoms with Crippen molar-refractivity contribution in [3.63, 3.8) is 0 Å². The monoisotopic (exact) mass is 227 g/mol. The van der Waals surface area contributed by atoms with Gasteiger partial charge in [0, 0.05) is 0 Å². The second-order valence-electron chi connectivity index (χ2n) is 3.74. The van der Waals surface area contributed by atoms with E-state index < -0.39 is 0 Å². The number of H-pyrrole nitrogens is 1. The van der Waals surface area contributed by atoms with E-state index in [1.165, 1.54) is 11.0 Å². The Labute approximate surface area is 95.9 Å². The second-order valence-corrected chi connectivity index (χ2v) is 3.74. The summed E-state index contributed by atoms with van der Waals surface area (Å²) in [7, 11) is 0. The molecule has 6 nitrogen and oxygen atoms in total. The van der Waals surface area contributed by atoms with Gasteiger partial charge in [0.1, 0.15) is 0 Å². The Bertz CT molecular complexity index is 725. The highest BCUT2D eigenvalue weighted by molar-refractivity contribution is 5.67. The van der Waals surface area contributed by atoms with Crippen LogP contribution >= 0.6 is 0 Å². The molecule has 3 rings (SSSR count). The maximum absolute atomic E-state index is 12.1. The third-order valence-corrected chi connectivity index (χ3v) is 2.53. The Morgan fingerprint density at radius 1 is 1.24 bits per heavy atom. The number of nitrogens with one attached hydrogen (secondary N) is 1. The minimum atomic E-state index is -0.253. The highest BCUT2D eigenvalue weighted by Gasteiger charge is 2.08. The summed E-state index contributed by atoms with van der Waals surface area (Å²) in [5, 5.41) is 7.72. The van der Waals surface area contributed by atoms with Gasteiger partial charge < -0.3 is 4.98 Å². The molecule has 0 aliphatic heterocycles. The fourth-order valence-electron chi connectivity index (χ4n) is 1.61. The molecule has 1 N–H and O–H groups in total. The molecule has 0 unspecified atom stereocenters. The van der Waals surface area contributed by atoms with Crippen molar-refractivity contribution in [2.75, 3.05) is 0 Å². The van der Waals surface area contributed by atoms with Crippen molar-refractivity contribution < 1.29 is 0 Å². The van der Waals surface area contributed by atoms with Crippen molar-refractivity contribution in [3.05, 3.63) is 46.5 Å². The quantitative estimate of drug-likeness (QED) is 0.667. The number of rotatable bonds is 1. The van der Waals surface area contributed by atoms with Crippen molar-refractivity contribution >= 4 is 11.2 Å². The molecule has 0 atom stereocenters. The zero-order valence-electron chi connectivity index (χ0n) is 9.08. The summed E-state index contributed by atoms with van der Waals surface area (Å²) < 4.78 is 1.25. The topological polar surface area (TPSA) is 76.5 Å². The van der Waals surface area contributed by atoms with Gasteiger partial charge in [0.25, 0.3) is 0 Å². The normalized spacial score (nSPS) is 10.9. The molecule has 17 heavy (non-hydrogen) atoms. The maximum Gasteiger partial charge on any atom is 0.300 e. The molecule has 6 heteroatoms. The van der Waals surface area contributed by atoms with Crippen molar-refractivity contribution in [2.24, 2.45) is 0 Å². The van der Waals surface area contributed by atoms with Gasteiger partial charge in [-0.3, -0.25) is 4.79 Å². The van der Waals surface area contributed by atoms with Gasteiger partial charge in [-0.15, -0.1) is 5.10 Å². The summed E-state index contributed by atoms with van der Waals surface area (Å²) in [5.41, 5.74) is 2.25. The third-order valence-electron chi connectivity index (χ3n) is 2.53. The van der Waals surface area contributed by atoms with Crippen LogP contribution in [0, 0.1) is 6.92 Å². The highest BCUT2D eigenvalue weighted by atomic mass is 16.1. The lowest BCUT2D eigenvalue weighted by molar-refractivity contribution is 0.734. The first-order valence-corrected chi connectivity index (χ1v) is 5.12. The molecular weight excluding hydrogens is 218 g/mol. The summed E-state index contributed by atoms with van der Waals surface area (Å²) in [5.74, 6) is 0. The maximum atomic E-state index is 12.1. The fraction of sp³-hybridized carbons (Fsp3) is 0.0909. The Hall–Kier alpha value is -2.50. The number of aromatic amines is 1. The van der Waals surface area contributed by atoms with Crippen LogP contribution in [0.25, 0.3) is 16.9 Å². The van der Waals surface area contributed by atoms with Crippen LogP contribution < -0.4 is 5.56 Å². The summed E-state index contributed by atoms with van der Waals surface area (Å²) in [6.45, 7) is 1.98. The molecule has 0 spiro atoms. The molecule has 0 amide bonds. The van der Waals surface area contributed by atoms with E-state index in [-0.39, 0.29) is 5.56 Å². The molecule has 0 fully saturated rings. The number of aromatic nitrogens is 5. The first-order chi connectivity index (χ1) is 8.25. The van der Waals surface area contributed by atoms with Crippen LogP contribution in [-0.2, 0) is 0 Å². The predicted molar refractivity (Wildman–Crippen MR) is 62.0 cm³/mol. The number of nitrogens with zero attached hydrogens (tertiary/aromatic N) is 4. The second kappa shape index (κ2) is 3.51. The van der Waals surface area contributed by atoms with Crippen LogP contribution in [0.1, 0.15) is 5.56 Å². The lowest BCUT2D eigenvalue weighted by atomic mass is 10.2. The van der Waals surface area contributed by atoms with Gasteiger partial charge in [0.15, 0.2) is 5.52 Å². The Kier molecular flexibility index (Phi) is 2.01. The Morgan fingerprint density at radius 2 is 2.00 bits per heavy atom. The minimum Gasteiger partial charge on any atom is -0.339 e. The molecule has 1 aromatic carbocycles. The van der Waals surface area contributed by atoms with Crippen molar-refractivity contribution in [2.45, 2.75) is 6.92 Å². The molecule has 0 radical (unpaired) electrons. The van der Waals surface area contributed by atoms with Crippen LogP contribution in [0.2, 0.25) is 0 Å². The van der Waals surface area contributed by atoms with E-state index >= 15 is 0 Å². The summed E-state index contributed by atoms with van der Waals surface area (Å²) >= 11 is 0. The van der Waals surface area contributed by atoms with Gasteiger partial charge in [-0.25, -0.2) is 4.98 Å². The summed E-state index contributed by atoms with van der Waals surface area (Å²) in [6, 6.07) is 7.49. The fourth-order valence-corrected chi connectivity index (χ4v) is 1.61. The van der Waals surface area contributed by atoms with Gasteiger partial charge in [-0.2, -0.15) is 4.68 Å². The number of hydrogen-bond donors (Lipinski definition) is 1. The van der Waals surface area contributed by atoms with Gasteiger partial charge >= 0.3 is 5.56 Å². The zero-order valence-corrected chi connectivity index (χ0v) is 9.08. The van der Waals surface area contributed by atoms with Gasteiger partial charge in [-0.05, 0) is 19.1 Å². The average Bonchev–Trinajstić information content (AvgIpc) is 2.80. The standard InChI is InChI=1S/C11H9N5O/c1-7-2-4-8(5-3-7)16-11(17)9-10(14-15-16)13-6-12-9/h2-6H,1H3,(H,12,13). The predicted octanol–water partition coefficient (Wildman–Crippen LogP) is 0.812. The zero-order chi connectivity index (χ0) is 11.8. The summed E-state index contributed by atoms with van der Waals surface area (Å²) in [4.78, 5) is 18.7. The first-order valence-electron chi connectivity index (χ1n) is 5.12. The molecule has 84 valence electrons. The molecule has 2 aromatic heterocycles. The van der Waals surface area contributed by atoms with Crippen LogP contribution in [0.4, 0.5) is 0 Å². The SMILES string of the molecule is Cc1ccc(-n2nnc3nc[nH]c3c2=O)cc1. The van der Waals surface area contributed by atoms with Crippen LogP contribution in [-0.4, -0.2) is 25.0 Å². The molecule has 0 bridgehead atoms. The largest absolute Gasteiger partial charge is 0.339 e. The highest BCUT2D eigenvalue weighted by Crippen LogP contribution is 2.06. The van der Waals surface area contributed by atoms with Crippen LogP contribution in [0.3, 0.4) is 0 Å². The minimum absolute atomic E-state index is 0.253. The van der Waals surface area contributed by atoms with Gasteiger partial charge in [-0.1, -0.05) is 22.9 Å². The lowest BCUT2D eigenvalue weighted by Crippen LogP contribution is -2.22. The first kappa shape index (κ1) is 9.71. The number of imidazole rings is 1. The number of fused-ring (bicyclic) bond motifs is 1. The molecule has 0 aliphatic rings. The molecular formula is C11H9N5O. The molecule has 0 saturated carbocycles. The van der Waals surface area contributed by atoms with E-state index in [9.17, 15) is 4.79 Å². The number of benzene rings is 1. The molecule has 0 aliphatic carbocycles. The lowest BCUT2D eigenvalue weighted by Gasteiger charge is -2.02. The summed E-state index contributed by atoms with van der Waals surface area (Å²) in [6.07, 6.45) is 1.43. The van der Waals surface area contributed by atoms with E-state index in [1.54, 1.807) is 0 Å². The van der Waals surface area contributed by atoms with E-state index in [0.717, 1.165) is 5.56 Å². The smallest absolute Gasteiger partial charge is 0.300 e. The van der Waals surface area contributed by atoms with Gasteiger partial charge in [0.2, 0.25) is 5.65 Å². The molecule has 2 heterocycles. The van der Waals surface area contributed by atoms with Crippen molar-refractivity contribution in [3.8, 4) is 5.69 Å².